The van der Waals surface area contributed by atoms with Gasteiger partial charge in [0, 0.05) is 45.3 Å². The predicted octanol–water partition coefficient (Wildman–Crippen LogP) is 3.96. The van der Waals surface area contributed by atoms with Gasteiger partial charge in [-0.25, -0.2) is 9.97 Å². The van der Waals surface area contributed by atoms with E-state index in [1.807, 2.05) is 6.07 Å². The van der Waals surface area contributed by atoms with E-state index < -0.39 is 11.7 Å². The molecule has 3 heterocycles. The molecule has 1 fully saturated rings. The Bertz CT molecular complexity index is 1180. The zero-order chi connectivity index (χ0) is 23.6. The van der Waals surface area contributed by atoms with Gasteiger partial charge >= 0.3 is 6.18 Å². The Hall–Kier alpha value is -2.87. The fourth-order valence-corrected chi connectivity index (χ4v) is 3.93. The predicted molar refractivity (Wildman–Crippen MR) is 125 cm³/mol. The van der Waals surface area contributed by atoms with Crippen molar-refractivity contribution in [3.8, 4) is 23.1 Å². The van der Waals surface area contributed by atoms with Crippen molar-refractivity contribution in [3.63, 3.8) is 0 Å². The van der Waals surface area contributed by atoms with Crippen LogP contribution in [0.2, 0.25) is 0 Å². The number of halogens is 4. The second kappa shape index (κ2) is 10.6. The van der Waals surface area contributed by atoms with Crippen molar-refractivity contribution in [2.75, 3.05) is 46.4 Å². The number of pyridine rings is 1. The Balaban J connectivity index is 0.00000324. The van der Waals surface area contributed by atoms with E-state index in [4.69, 9.17) is 4.74 Å². The number of hydrogen-bond acceptors (Lipinski definition) is 6. The maximum absolute atomic E-state index is 13.8. The average molecular weight is 495 g/mol. The molecular formula is C23H26ClF3N6O. The summed E-state index contributed by atoms with van der Waals surface area (Å²) >= 11 is 0. The fourth-order valence-electron chi connectivity index (χ4n) is 3.93. The molecule has 3 aromatic rings. The van der Waals surface area contributed by atoms with Crippen LogP contribution in [0.15, 0.2) is 30.6 Å². The molecule has 2 aromatic heterocycles. The Morgan fingerprint density at radius 3 is 2.53 bits per heavy atom. The van der Waals surface area contributed by atoms with Crippen LogP contribution in [0.1, 0.15) is 17.7 Å². The van der Waals surface area contributed by atoms with Gasteiger partial charge in [0.25, 0.3) is 0 Å². The fraction of sp³-hybridized carbons (Fsp3) is 0.435. The number of nitriles is 1. The monoisotopic (exact) mass is 494 g/mol. The zero-order valence-corrected chi connectivity index (χ0v) is 19.8. The van der Waals surface area contributed by atoms with E-state index in [1.165, 1.54) is 18.5 Å². The van der Waals surface area contributed by atoms with Crippen LogP contribution in [0.25, 0.3) is 22.3 Å². The molecule has 0 unspecified atom stereocenters. The third-order valence-electron chi connectivity index (χ3n) is 5.87. The number of aromatic nitrogens is 3. The quantitative estimate of drug-likeness (QED) is 0.483. The van der Waals surface area contributed by atoms with Gasteiger partial charge in [-0.05, 0) is 37.7 Å². The van der Waals surface area contributed by atoms with Crippen molar-refractivity contribution in [3.05, 3.63) is 41.9 Å². The van der Waals surface area contributed by atoms with Gasteiger partial charge in [0.15, 0.2) is 5.69 Å². The number of hydrogen-bond donors (Lipinski definition) is 0. The zero-order valence-electron chi connectivity index (χ0n) is 19.0. The van der Waals surface area contributed by atoms with Gasteiger partial charge in [-0.3, -0.25) is 0 Å². The highest BCUT2D eigenvalue weighted by Gasteiger charge is 2.35. The summed E-state index contributed by atoms with van der Waals surface area (Å²) in [4.78, 5) is 12.9. The third-order valence-corrected chi connectivity index (χ3v) is 5.87. The van der Waals surface area contributed by atoms with Crippen LogP contribution in [0.5, 0.6) is 5.75 Å². The number of imidazole rings is 1. The summed E-state index contributed by atoms with van der Waals surface area (Å²) < 4.78 is 48.7. The lowest BCUT2D eigenvalue weighted by Crippen LogP contribution is -2.44. The summed E-state index contributed by atoms with van der Waals surface area (Å²) in [6.07, 6.45) is -2.40. The van der Waals surface area contributed by atoms with Crippen LogP contribution in [-0.2, 0) is 13.2 Å². The van der Waals surface area contributed by atoms with Gasteiger partial charge in [0.05, 0.1) is 29.7 Å². The average Bonchev–Trinajstić information content (AvgIpc) is 3.17. The van der Waals surface area contributed by atoms with Crippen LogP contribution < -0.4 is 4.74 Å². The number of rotatable bonds is 6. The van der Waals surface area contributed by atoms with Crippen molar-refractivity contribution in [2.24, 2.45) is 7.05 Å². The maximum Gasteiger partial charge on any atom is 0.419 e. The van der Waals surface area contributed by atoms with E-state index in [2.05, 4.69) is 26.8 Å². The first kappa shape index (κ1) is 25.7. The van der Waals surface area contributed by atoms with E-state index in [0.717, 1.165) is 38.8 Å². The molecule has 1 aliphatic rings. The lowest BCUT2D eigenvalue weighted by atomic mass is 10.1. The number of likely N-dealkylation sites (N-methyl/N-ethyl adjacent to an activating group) is 1. The largest absolute Gasteiger partial charge is 0.493 e. The summed E-state index contributed by atoms with van der Waals surface area (Å²) in [5.74, 6) is -0.202. The highest BCUT2D eigenvalue weighted by Crippen LogP contribution is 2.39. The lowest BCUT2D eigenvalue weighted by Gasteiger charge is -2.32. The first-order valence-corrected chi connectivity index (χ1v) is 10.7. The molecule has 0 radical (unpaired) electrons. The van der Waals surface area contributed by atoms with Gasteiger partial charge in [-0.2, -0.15) is 18.4 Å². The third kappa shape index (κ3) is 5.60. The number of piperazine rings is 1. The summed E-state index contributed by atoms with van der Waals surface area (Å²) in [5.41, 5.74) is 0.779. The Morgan fingerprint density at radius 2 is 1.85 bits per heavy atom. The molecule has 11 heteroatoms. The number of nitrogens with zero attached hydrogens (tertiary/aromatic N) is 6. The standard InChI is InChI=1S/C23H25F3N6O.ClH/c1-30-7-9-32(10-8-30)6-3-11-33-21-5-4-16(12-17(21)23(24,25)26)18-13-20-22(19(14-27)29-18)28-15-31(20)2;/h4-5,12-13,15H,3,6-11H2,1-2H3;1H. The SMILES string of the molecule is CN1CCN(CCCOc2ccc(-c3cc4c(ncn4C)c(C#N)n3)cc2C(F)(F)F)CC1.Cl. The molecule has 1 aromatic carbocycles. The first-order valence-electron chi connectivity index (χ1n) is 10.7. The number of aryl methyl sites for hydroxylation is 1. The van der Waals surface area contributed by atoms with Gasteiger partial charge in [0.1, 0.15) is 17.3 Å². The molecule has 0 aliphatic carbocycles. The minimum atomic E-state index is -4.59. The molecule has 1 saturated heterocycles. The number of ether oxygens (including phenoxy) is 1. The topological polar surface area (TPSA) is 70.2 Å². The minimum absolute atomic E-state index is 0. The number of alkyl halides is 3. The van der Waals surface area contributed by atoms with Crippen LogP contribution in [0.3, 0.4) is 0 Å². The Kier molecular flexibility index (Phi) is 8.02. The summed E-state index contributed by atoms with van der Waals surface area (Å²) in [6, 6.07) is 7.50. The first-order chi connectivity index (χ1) is 15.8. The smallest absolute Gasteiger partial charge is 0.419 e. The Labute approximate surface area is 202 Å². The number of benzene rings is 1. The van der Waals surface area contributed by atoms with Crippen molar-refractivity contribution >= 4 is 23.4 Å². The Morgan fingerprint density at radius 1 is 1.12 bits per heavy atom. The molecule has 0 N–H and O–H groups in total. The number of fused-ring (bicyclic) bond motifs is 1. The van der Waals surface area contributed by atoms with Gasteiger partial charge in [-0.15, -0.1) is 12.4 Å². The van der Waals surface area contributed by atoms with E-state index in [9.17, 15) is 18.4 Å². The van der Waals surface area contributed by atoms with Crippen LogP contribution in [-0.4, -0.2) is 70.7 Å². The highest BCUT2D eigenvalue weighted by atomic mass is 35.5. The van der Waals surface area contributed by atoms with Crippen LogP contribution in [0, 0.1) is 11.3 Å². The second-order valence-electron chi connectivity index (χ2n) is 8.25. The lowest BCUT2D eigenvalue weighted by molar-refractivity contribution is -0.138. The molecule has 7 nitrogen and oxygen atoms in total. The molecule has 0 bridgehead atoms. The van der Waals surface area contributed by atoms with E-state index in [-0.39, 0.29) is 41.7 Å². The van der Waals surface area contributed by atoms with Crippen molar-refractivity contribution in [1.29, 1.82) is 5.26 Å². The van der Waals surface area contributed by atoms with Crippen LogP contribution in [0.4, 0.5) is 13.2 Å². The van der Waals surface area contributed by atoms with E-state index >= 15 is 0 Å². The van der Waals surface area contributed by atoms with Gasteiger partial charge < -0.3 is 19.1 Å². The summed E-state index contributed by atoms with van der Waals surface area (Å²) in [7, 11) is 3.83. The van der Waals surface area contributed by atoms with Crippen molar-refractivity contribution in [1.82, 2.24) is 24.3 Å². The molecule has 4 rings (SSSR count). The molecule has 0 spiro atoms. The molecule has 34 heavy (non-hydrogen) atoms. The summed E-state index contributed by atoms with van der Waals surface area (Å²) in [5, 5.41) is 9.40. The van der Waals surface area contributed by atoms with Crippen LogP contribution >= 0.6 is 12.4 Å². The van der Waals surface area contributed by atoms with Gasteiger partial charge in [0.2, 0.25) is 0 Å². The molecular weight excluding hydrogens is 469 g/mol. The van der Waals surface area contributed by atoms with Crippen molar-refractivity contribution < 1.29 is 17.9 Å². The molecule has 0 amide bonds. The molecule has 0 saturated carbocycles. The van der Waals surface area contributed by atoms with Gasteiger partial charge in [-0.1, -0.05) is 0 Å². The maximum atomic E-state index is 13.8. The molecule has 1 aliphatic heterocycles. The second-order valence-corrected chi connectivity index (χ2v) is 8.25. The highest BCUT2D eigenvalue weighted by molar-refractivity contribution is 5.85. The normalized spacial score (nSPS) is 15.2. The molecule has 0 atom stereocenters. The van der Waals surface area contributed by atoms with Crippen molar-refractivity contribution in [2.45, 2.75) is 12.6 Å². The van der Waals surface area contributed by atoms with E-state index in [0.29, 0.717) is 17.5 Å². The minimum Gasteiger partial charge on any atom is -0.493 e. The summed E-state index contributed by atoms with van der Waals surface area (Å²) in [6.45, 7) is 4.89. The molecule has 182 valence electrons. The van der Waals surface area contributed by atoms with E-state index in [1.54, 1.807) is 17.7 Å².